The molecule has 38 heavy (non-hydrogen) atoms. The number of rotatable bonds is 7. The van der Waals surface area contributed by atoms with E-state index in [2.05, 4.69) is 56.5 Å². The van der Waals surface area contributed by atoms with Crippen LogP contribution in [0.2, 0.25) is 19.6 Å². The summed E-state index contributed by atoms with van der Waals surface area (Å²) in [6, 6.07) is 16.1. The van der Waals surface area contributed by atoms with E-state index in [1.165, 1.54) is 0 Å². The van der Waals surface area contributed by atoms with Crippen LogP contribution in [-0.2, 0) is 17.8 Å². The second-order valence-electron chi connectivity index (χ2n) is 11.2. The number of nitrogens with one attached hydrogen (secondary N) is 1. The van der Waals surface area contributed by atoms with Gasteiger partial charge in [0.25, 0.3) is 0 Å². The van der Waals surface area contributed by atoms with Crippen molar-refractivity contribution in [1.82, 2.24) is 14.9 Å². The van der Waals surface area contributed by atoms with Crippen LogP contribution in [0.15, 0.2) is 57.7 Å². The van der Waals surface area contributed by atoms with E-state index < -0.39 is 30.2 Å². The van der Waals surface area contributed by atoms with Crippen LogP contribution in [0, 0.1) is 17.1 Å². The van der Waals surface area contributed by atoms with E-state index in [1.54, 1.807) is 18.2 Å². The van der Waals surface area contributed by atoms with E-state index in [0.717, 1.165) is 16.5 Å². The summed E-state index contributed by atoms with van der Waals surface area (Å²) in [4.78, 5) is 4.50. The lowest BCUT2D eigenvalue weighted by Gasteiger charge is -2.29. The molecule has 0 aliphatic rings. The number of fused-ring (bicyclic) bond motifs is 1. The van der Waals surface area contributed by atoms with Gasteiger partial charge >= 0.3 is 0 Å². The lowest BCUT2D eigenvalue weighted by Crippen LogP contribution is -2.43. The number of aromatic nitrogens is 2. The molecule has 10 heteroatoms. The van der Waals surface area contributed by atoms with Gasteiger partial charge in [0.15, 0.2) is 5.58 Å². The number of hydrogen-bond donors (Lipinski definition) is 1. The Bertz CT molecular complexity index is 1520. The van der Waals surface area contributed by atoms with E-state index >= 15 is 4.39 Å². The Morgan fingerprint density at radius 3 is 2.55 bits per heavy atom. The molecule has 0 fully saturated rings. The van der Waals surface area contributed by atoms with Crippen LogP contribution in [-0.4, -0.2) is 27.5 Å². The third-order valence-electron chi connectivity index (χ3n) is 6.20. The third-order valence-corrected chi connectivity index (χ3v) is 10.2. The van der Waals surface area contributed by atoms with Gasteiger partial charge in [-0.2, -0.15) is 5.26 Å². The van der Waals surface area contributed by atoms with Crippen molar-refractivity contribution in [3.05, 3.63) is 75.8 Å². The molecule has 2 atom stereocenters. The van der Waals surface area contributed by atoms with Crippen molar-refractivity contribution in [2.24, 2.45) is 0 Å². The van der Waals surface area contributed by atoms with E-state index in [9.17, 15) is 9.81 Å². The van der Waals surface area contributed by atoms with Crippen LogP contribution in [0.1, 0.15) is 43.6 Å². The Hall–Kier alpha value is -2.55. The Kier molecular flexibility index (Phi) is 8.17. The smallest absolute Gasteiger partial charge is 0.168 e. The fraction of sp³-hybridized carbons (Fsp3) is 0.321. The van der Waals surface area contributed by atoms with Crippen molar-refractivity contribution < 1.29 is 13.5 Å². The molecule has 0 spiro atoms. The van der Waals surface area contributed by atoms with Crippen molar-refractivity contribution >= 4 is 51.5 Å². The number of pyridine rings is 1. The van der Waals surface area contributed by atoms with Gasteiger partial charge in [-0.15, -0.1) is 4.72 Å². The summed E-state index contributed by atoms with van der Waals surface area (Å²) in [7, 11) is -2.00. The first kappa shape index (κ1) is 28.5. The predicted octanol–water partition coefficient (Wildman–Crippen LogP) is 6.54. The van der Waals surface area contributed by atoms with Crippen molar-refractivity contribution in [3.63, 3.8) is 0 Å². The van der Waals surface area contributed by atoms with Gasteiger partial charge in [0, 0.05) is 34.8 Å². The van der Waals surface area contributed by atoms with Gasteiger partial charge in [0.05, 0.1) is 31.4 Å². The molecule has 2 unspecified atom stereocenters. The average Bonchev–Trinajstić information content (AvgIpc) is 3.27. The second kappa shape index (κ2) is 10.9. The zero-order valence-corrected chi connectivity index (χ0v) is 25.6. The Morgan fingerprint density at radius 1 is 1.18 bits per heavy atom. The zero-order valence-electron chi connectivity index (χ0n) is 22.2. The molecule has 4 rings (SSSR count). The maximum absolute atomic E-state index is 15.8. The van der Waals surface area contributed by atoms with Crippen molar-refractivity contribution in [1.29, 1.82) is 5.26 Å². The maximum Gasteiger partial charge on any atom is 0.168 e. The lowest BCUT2D eigenvalue weighted by molar-refractivity contribution is 0.459. The summed E-state index contributed by atoms with van der Waals surface area (Å²) in [5, 5.41) is 15.0. The highest BCUT2D eigenvalue weighted by Gasteiger charge is 2.33. The fourth-order valence-electron chi connectivity index (χ4n) is 4.16. The van der Waals surface area contributed by atoms with Gasteiger partial charge in [0.2, 0.25) is 0 Å². The first-order valence-electron chi connectivity index (χ1n) is 12.2. The molecule has 2 aromatic heterocycles. The van der Waals surface area contributed by atoms with Crippen LogP contribution < -0.4 is 9.91 Å². The Balaban J connectivity index is 1.86. The van der Waals surface area contributed by atoms with E-state index in [4.69, 9.17) is 4.52 Å². The van der Waals surface area contributed by atoms with E-state index in [0.29, 0.717) is 32.3 Å². The monoisotopic (exact) mass is 612 g/mol. The minimum absolute atomic E-state index is 0.177. The molecule has 2 aromatic carbocycles. The maximum atomic E-state index is 15.8. The largest absolute Gasteiger partial charge is 0.598 e. The van der Waals surface area contributed by atoms with E-state index in [1.807, 2.05) is 51.1 Å². The van der Waals surface area contributed by atoms with Crippen LogP contribution >= 0.6 is 15.9 Å². The van der Waals surface area contributed by atoms with Crippen LogP contribution in [0.4, 0.5) is 4.39 Å². The molecule has 198 valence electrons. The summed E-state index contributed by atoms with van der Waals surface area (Å²) in [5.41, 5.74) is 3.43. The Morgan fingerprint density at radius 2 is 1.89 bits per heavy atom. The molecule has 0 saturated carbocycles. The quantitative estimate of drug-likeness (QED) is 0.144. The number of nitriles is 1. The number of benzene rings is 2. The predicted molar refractivity (Wildman–Crippen MR) is 157 cm³/mol. The molecule has 4 aromatic rings. The Labute approximate surface area is 235 Å². The molecule has 0 radical (unpaired) electrons. The lowest BCUT2D eigenvalue weighted by atomic mass is 9.94. The standard InChI is InChI=1S/C28H30BrFN4O2SSi/c1-28(2,3)37(35)34-21(14-22-26(30)24(38(4,5)6)15-25(29)32-22)18-9-7-8-10-19(18)27-20-12-11-17(16-31)13-23(20)36-33-27/h7-13,15,21,34H,14H2,1-6H3. The van der Waals surface area contributed by atoms with Crippen molar-refractivity contribution in [3.8, 4) is 17.3 Å². The molecule has 6 nitrogen and oxygen atoms in total. The molecular weight excluding hydrogens is 583 g/mol. The molecule has 0 bridgehead atoms. The van der Waals surface area contributed by atoms with Gasteiger partial charge in [0.1, 0.15) is 20.9 Å². The van der Waals surface area contributed by atoms with Gasteiger partial charge in [-0.3, -0.25) is 0 Å². The molecule has 0 saturated heterocycles. The van der Waals surface area contributed by atoms with Crippen molar-refractivity contribution in [2.45, 2.75) is 57.6 Å². The summed E-state index contributed by atoms with van der Waals surface area (Å²) in [6.07, 6.45) is 0.177. The van der Waals surface area contributed by atoms with E-state index in [-0.39, 0.29) is 12.2 Å². The second-order valence-corrected chi connectivity index (χ2v) is 19.0. The normalized spacial score (nSPS) is 13.9. The van der Waals surface area contributed by atoms with Crippen molar-refractivity contribution in [2.75, 3.05) is 0 Å². The molecule has 0 aliphatic carbocycles. The van der Waals surface area contributed by atoms with Gasteiger partial charge in [-0.05, 0) is 65.7 Å². The number of halogens is 2. The third kappa shape index (κ3) is 6.03. The summed E-state index contributed by atoms with van der Waals surface area (Å²) in [5.74, 6) is -0.311. The van der Waals surface area contributed by atoms with Crippen LogP contribution in [0.5, 0.6) is 0 Å². The molecule has 0 amide bonds. The summed E-state index contributed by atoms with van der Waals surface area (Å²) < 4.78 is 38.0. The summed E-state index contributed by atoms with van der Waals surface area (Å²) >= 11 is 2.03. The topological polar surface area (TPSA) is 97.8 Å². The minimum atomic E-state index is -2.00. The average molecular weight is 614 g/mol. The van der Waals surface area contributed by atoms with Gasteiger partial charge < -0.3 is 9.08 Å². The summed E-state index contributed by atoms with van der Waals surface area (Å²) in [6.45, 7) is 11.9. The zero-order chi connectivity index (χ0) is 27.8. The first-order valence-corrected chi connectivity index (χ1v) is 17.7. The van der Waals surface area contributed by atoms with Crippen LogP contribution in [0.25, 0.3) is 22.2 Å². The highest BCUT2D eigenvalue weighted by Crippen LogP contribution is 2.35. The van der Waals surface area contributed by atoms with Gasteiger partial charge in [-0.1, -0.05) is 49.1 Å². The first-order chi connectivity index (χ1) is 17.8. The molecule has 2 heterocycles. The molecular formula is C28H30BrFN4O2SSi. The molecule has 0 aliphatic heterocycles. The molecule has 1 N–H and O–H groups in total. The van der Waals surface area contributed by atoms with Gasteiger partial charge in [-0.25, -0.2) is 9.37 Å². The SMILES string of the molecule is CC(C)(C)[S+]([O-])NC(Cc1nc(Br)cc([Si](C)(C)C)c1F)c1ccccc1-c1noc2cc(C#N)ccc12. The highest BCUT2D eigenvalue weighted by atomic mass is 79.9. The number of hydrogen-bond acceptors (Lipinski definition) is 6. The fourth-order valence-corrected chi connectivity index (χ4v) is 7.01. The minimum Gasteiger partial charge on any atom is -0.598 e. The number of nitrogens with zero attached hydrogens (tertiary/aromatic N) is 3. The van der Waals surface area contributed by atoms with Crippen LogP contribution in [0.3, 0.4) is 0 Å². The highest BCUT2D eigenvalue weighted by molar-refractivity contribution is 9.10.